The Hall–Kier alpha value is -3.04. The number of carbonyl (C=O) groups is 2. The lowest BCUT2D eigenvalue weighted by Crippen LogP contribution is -2.46. The second-order valence-electron chi connectivity index (χ2n) is 6.75. The molecule has 2 N–H and O–H groups in total. The van der Waals surface area contributed by atoms with Crippen molar-refractivity contribution < 1.29 is 28.2 Å². The predicted octanol–water partition coefficient (Wildman–Crippen LogP) is 0.814. The summed E-state index contributed by atoms with van der Waals surface area (Å²) >= 11 is 0. The molecule has 1 atom stereocenters. The molecule has 29 heavy (non-hydrogen) atoms. The SMILES string of the molecule is O=C(NCc1ccco1)C(=O)NCC(c1ccc2c(c1)OCO2)N1CCOCC1. The second-order valence-corrected chi connectivity index (χ2v) is 6.75. The number of nitrogens with zero attached hydrogens (tertiary/aromatic N) is 1. The Morgan fingerprint density at radius 2 is 1.83 bits per heavy atom. The van der Waals surface area contributed by atoms with Crippen molar-refractivity contribution in [2.24, 2.45) is 0 Å². The third kappa shape index (κ3) is 4.69. The normalized spacial score (nSPS) is 17.0. The van der Waals surface area contributed by atoms with Crippen molar-refractivity contribution in [2.75, 3.05) is 39.6 Å². The molecule has 1 saturated heterocycles. The van der Waals surface area contributed by atoms with Gasteiger partial charge >= 0.3 is 11.8 Å². The Morgan fingerprint density at radius 3 is 2.62 bits per heavy atom. The Balaban J connectivity index is 1.40. The van der Waals surface area contributed by atoms with Crippen molar-refractivity contribution in [3.8, 4) is 11.5 Å². The van der Waals surface area contributed by atoms with Gasteiger partial charge in [-0.25, -0.2) is 0 Å². The fourth-order valence-corrected chi connectivity index (χ4v) is 3.40. The van der Waals surface area contributed by atoms with Gasteiger partial charge in [-0.2, -0.15) is 0 Å². The van der Waals surface area contributed by atoms with Gasteiger partial charge in [-0.3, -0.25) is 14.5 Å². The highest BCUT2D eigenvalue weighted by atomic mass is 16.7. The van der Waals surface area contributed by atoms with Crippen molar-refractivity contribution in [3.63, 3.8) is 0 Å². The van der Waals surface area contributed by atoms with E-state index in [1.54, 1.807) is 12.1 Å². The molecule has 3 heterocycles. The van der Waals surface area contributed by atoms with E-state index in [1.165, 1.54) is 6.26 Å². The lowest BCUT2D eigenvalue weighted by Gasteiger charge is -2.34. The molecule has 0 radical (unpaired) electrons. The average Bonchev–Trinajstić information content (AvgIpc) is 3.44. The van der Waals surface area contributed by atoms with Crippen molar-refractivity contribution in [3.05, 3.63) is 47.9 Å². The molecule has 0 aliphatic carbocycles. The second kappa shape index (κ2) is 8.97. The smallest absolute Gasteiger partial charge is 0.309 e. The minimum Gasteiger partial charge on any atom is -0.467 e. The summed E-state index contributed by atoms with van der Waals surface area (Å²) in [6, 6.07) is 9.08. The van der Waals surface area contributed by atoms with E-state index in [4.69, 9.17) is 18.6 Å². The number of amides is 2. The maximum absolute atomic E-state index is 12.3. The fourth-order valence-electron chi connectivity index (χ4n) is 3.40. The number of morpholine rings is 1. The zero-order valence-electron chi connectivity index (χ0n) is 15.9. The average molecular weight is 401 g/mol. The lowest BCUT2D eigenvalue weighted by atomic mass is 10.0. The summed E-state index contributed by atoms with van der Waals surface area (Å²) in [5.41, 5.74) is 0.979. The quantitative estimate of drug-likeness (QED) is 0.691. The number of hydrogen-bond donors (Lipinski definition) is 2. The summed E-state index contributed by atoms with van der Waals surface area (Å²) in [5.74, 6) is 0.583. The maximum Gasteiger partial charge on any atom is 0.309 e. The summed E-state index contributed by atoms with van der Waals surface area (Å²) in [5, 5.41) is 5.29. The highest BCUT2D eigenvalue weighted by Gasteiger charge is 2.26. The van der Waals surface area contributed by atoms with Crippen LogP contribution in [0.3, 0.4) is 0 Å². The van der Waals surface area contributed by atoms with Crippen LogP contribution in [-0.4, -0.2) is 56.4 Å². The van der Waals surface area contributed by atoms with E-state index in [-0.39, 0.29) is 25.9 Å². The molecule has 2 aliphatic heterocycles. The first-order valence-electron chi connectivity index (χ1n) is 9.50. The van der Waals surface area contributed by atoms with Crippen LogP contribution in [0.1, 0.15) is 17.4 Å². The molecule has 0 spiro atoms. The van der Waals surface area contributed by atoms with Crippen LogP contribution in [0.4, 0.5) is 0 Å². The highest BCUT2D eigenvalue weighted by molar-refractivity contribution is 6.35. The Kier molecular flexibility index (Phi) is 5.97. The van der Waals surface area contributed by atoms with Crippen LogP contribution >= 0.6 is 0 Å². The molecule has 0 bridgehead atoms. The minimum absolute atomic E-state index is 0.116. The Morgan fingerprint density at radius 1 is 1.03 bits per heavy atom. The van der Waals surface area contributed by atoms with Gasteiger partial charge in [0.1, 0.15) is 5.76 Å². The summed E-state index contributed by atoms with van der Waals surface area (Å²) in [6.45, 7) is 3.37. The molecule has 1 unspecified atom stereocenters. The van der Waals surface area contributed by atoms with Gasteiger partial charge in [0.25, 0.3) is 0 Å². The molecule has 4 rings (SSSR count). The van der Waals surface area contributed by atoms with E-state index < -0.39 is 11.8 Å². The van der Waals surface area contributed by atoms with E-state index in [0.717, 1.165) is 18.7 Å². The van der Waals surface area contributed by atoms with Crippen LogP contribution in [0, 0.1) is 0 Å². The number of furan rings is 1. The Labute approximate surface area is 167 Å². The summed E-state index contributed by atoms with van der Waals surface area (Å²) in [7, 11) is 0. The molecule has 1 fully saturated rings. The van der Waals surface area contributed by atoms with E-state index in [1.807, 2.05) is 18.2 Å². The summed E-state index contributed by atoms with van der Waals surface area (Å²) in [4.78, 5) is 26.6. The molecular formula is C20H23N3O6. The van der Waals surface area contributed by atoms with Gasteiger partial charge in [0.15, 0.2) is 11.5 Å². The van der Waals surface area contributed by atoms with Crippen molar-refractivity contribution in [1.29, 1.82) is 0 Å². The maximum atomic E-state index is 12.3. The number of fused-ring (bicyclic) bond motifs is 1. The van der Waals surface area contributed by atoms with Crippen LogP contribution < -0.4 is 20.1 Å². The molecule has 0 saturated carbocycles. The number of carbonyl (C=O) groups excluding carboxylic acids is 2. The van der Waals surface area contributed by atoms with Gasteiger partial charge in [0.2, 0.25) is 6.79 Å². The number of rotatable bonds is 6. The fraction of sp³-hybridized carbons (Fsp3) is 0.400. The first-order valence-corrected chi connectivity index (χ1v) is 9.50. The van der Waals surface area contributed by atoms with Gasteiger partial charge in [-0.05, 0) is 29.8 Å². The molecule has 1 aromatic carbocycles. The van der Waals surface area contributed by atoms with Crippen LogP contribution in [0.15, 0.2) is 41.0 Å². The van der Waals surface area contributed by atoms with Gasteiger partial charge in [0, 0.05) is 19.6 Å². The number of nitrogens with one attached hydrogen (secondary N) is 2. The predicted molar refractivity (Wildman–Crippen MR) is 101 cm³/mol. The van der Waals surface area contributed by atoms with Gasteiger partial charge in [-0.15, -0.1) is 0 Å². The van der Waals surface area contributed by atoms with Crippen molar-refractivity contribution in [1.82, 2.24) is 15.5 Å². The first-order chi connectivity index (χ1) is 14.2. The Bertz CT molecular complexity index is 848. The number of benzene rings is 1. The third-order valence-corrected chi connectivity index (χ3v) is 4.93. The molecule has 9 heteroatoms. The van der Waals surface area contributed by atoms with Gasteiger partial charge in [-0.1, -0.05) is 6.07 Å². The zero-order chi connectivity index (χ0) is 20.1. The minimum atomic E-state index is -0.701. The zero-order valence-corrected chi connectivity index (χ0v) is 15.9. The molecular weight excluding hydrogens is 378 g/mol. The topological polar surface area (TPSA) is 102 Å². The summed E-state index contributed by atoms with van der Waals surface area (Å²) in [6.07, 6.45) is 1.51. The van der Waals surface area contributed by atoms with Gasteiger partial charge < -0.3 is 29.3 Å². The molecule has 154 valence electrons. The number of ether oxygens (including phenoxy) is 3. The van der Waals surface area contributed by atoms with E-state index in [0.29, 0.717) is 30.5 Å². The standard InChI is InChI=1S/C20H23N3O6/c24-19(21-11-15-2-1-7-27-15)20(25)22-12-16(23-5-8-26-9-6-23)14-3-4-17-18(10-14)29-13-28-17/h1-4,7,10,16H,5-6,8-9,11-13H2,(H,21,24)(H,22,25). The van der Waals surface area contributed by atoms with Crippen LogP contribution in [-0.2, 0) is 20.9 Å². The van der Waals surface area contributed by atoms with E-state index >= 15 is 0 Å². The van der Waals surface area contributed by atoms with Crippen molar-refractivity contribution in [2.45, 2.75) is 12.6 Å². The summed E-state index contributed by atoms with van der Waals surface area (Å²) < 4.78 is 21.5. The van der Waals surface area contributed by atoms with Crippen LogP contribution in [0.25, 0.3) is 0 Å². The lowest BCUT2D eigenvalue weighted by molar-refractivity contribution is -0.139. The van der Waals surface area contributed by atoms with E-state index in [9.17, 15) is 9.59 Å². The van der Waals surface area contributed by atoms with Gasteiger partial charge in [0.05, 0.1) is 32.1 Å². The van der Waals surface area contributed by atoms with Crippen LogP contribution in [0.2, 0.25) is 0 Å². The molecule has 2 amide bonds. The highest BCUT2D eigenvalue weighted by Crippen LogP contribution is 2.35. The molecule has 1 aromatic heterocycles. The van der Waals surface area contributed by atoms with Crippen LogP contribution in [0.5, 0.6) is 11.5 Å². The molecule has 2 aliphatic rings. The first kappa shape index (κ1) is 19.3. The monoisotopic (exact) mass is 401 g/mol. The molecule has 2 aromatic rings. The third-order valence-electron chi connectivity index (χ3n) is 4.93. The van der Waals surface area contributed by atoms with Crippen molar-refractivity contribution >= 4 is 11.8 Å². The number of hydrogen-bond acceptors (Lipinski definition) is 7. The van der Waals surface area contributed by atoms with E-state index in [2.05, 4.69) is 15.5 Å². The molecule has 9 nitrogen and oxygen atoms in total. The largest absolute Gasteiger partial charge is 0.467 e.